The van der Waals surface area contributed by atoms with Crippen LogP contribution in [-0.4, -0.2) is 32.5 Å². The molecule has 0 saturated heterocycles. The number of rotatable bonds is 7. The zero-order chi connectivity index (χ0) is 21.0. The highest BCUT2D eigenvalue weighted by molar-refractivity contribution is 8.00. The molecule has 0 saturated carbocycles. The Morgan fingerprint density at radius 2 is 1.76 bits per heavy atom. The topological polar surface area (TPSA) is 69.0 Å². The molecular weight excluding hydrogens is 398 g/mol. The van der Waals surface area contributed by atoms with Gasteiger partial charge in [0.05, 0.1) is 5.25 Å². The van der Waals surface area contributed by atoms with Crippen molar-refractivity contribution in [3.63, 3.8) is 0 Å². The highest BCUT2D eigenvalue weighted by atomic mass is 32.2. The summed E-state index contributed by atoms with van der Waals surface area (Å²) in [5.41, 5.74) is 2.59. The van der Waals surface area contributed by atoms with E-state index in [-0.39, 0.29) is 11.7 Å². The molecule has 0 fully saturated rings. The maximum atomic E-state index is 12.5. The third kappa shape index (κ3) is 5.32. The second-order valence-electron chi connectivity index (χ2n) is 6.38. The molecule has 2 aromatic carbocycles. The van der Waals surface area contributed by atoms with Crippen LogP contribution in [0.25, 0.3) is 11.4 Å². The number of nitrogens with zero attached hydrogens (tertiary/aromatic N) is 3. The molecule has 1 aromatic heterocycles. The molecule has 1 N–H and O–H groups in total. The molecule has 3 rings (SSSR count). The third-order valence-corrected chi connectivity index (χ3v) is 5.28. The second kappa shape index (κ2) is 9.04. The molecule has 1 amide bonds. The van der Waals surface area contributed by atoms with Crippen LogP contribution in [0.3, 0.4) is 0 Å². The number of amides is 1. The molecule has 29 heavy (non-hydrogen) atoms. The molecule has 1 heterocycles. The number of ether oxygens (including phenoxy) is 1. The molecule has 0 bridgehead atoms. The fourth-order valence-corrected chi connectivity index (χ4v) is 3.36. The van der Waals surface area contributed by atoms with Gasteiger partial charge in [-0.2, -0.15) is 8.78 Å². The van der Waals surface area contributed by atoms with Gasteiger partial charge < -0.3 is 14.6 Å². The molecule has 0 radical (unpaired) electrons. The van der Waals surface area contributed by atoms with Crippen molar-refractivity contribution < 1.29 is 18.3 Å². The quantitative estimate of drug-likeness (QED) is 0.572. The molecule has 9 heteroatoms. The molecule has 1 unspecified atom stereocenters. The van der Waals surface area contributed by atoms with E-state index in [1.165, 1.54) is 36.0 Å². The van der Waals surface area contributed by atoms with Gasteiger partial charge in [-0.3, -0.25) is 4.79 Å². The van der Waals surface area contributed by atoms with Gasteiger partial charge in [-0.25, -0.2) is 0 Å². The van der Waals surface area contributed by atoms with Gasteiger partial charge >= 0.3 is 6.61 Å². The van der Waals surface area contributed by atoms with Crippen LogP contribution in [0.4, 0.5) is 14.5 Å². The van der Waals surface area contributed by atoms with Crippen molar-refractivity contribution in [3.05, 3.63) is 54.1 Å². The molecule has 152 valence electrons. The molecule has 0 spiro atoms. The number of carbonyl (C=O) groups is 1. The summed E-state index contributed by atoms with van der Waals surface area (Å²) >= 11 is 1.28. The Kier molecular flexibility index (Phi) is 6.48. The molecule has 1 atom stereocenters. The lowest BCUT2D eigenvalue weighted by Crippen LogP contribution is -2.22. The molecule has 0 aliphatic rings. The van der Waals surface area contributed by atoms with Crippen molar-refractivity contribution in [3.8, 4) is 17.1 Å². The number of carbonyl (C=O) groups excluding carboxylic acids is 1. The molecule has 3 aromatic rings. The second-order valence-corrected chi connectivity index (χ2v) is 7.69. The van der Waals surface area contributed by atoms with Crippen molar-refractivity contribution in [2.24, 2.45) is 7.05 Å². The smallest absolute Gasteiger partial charge is 0.387 e. The Morgan fingerprint density at radius 1 is 1.10 bits per heavy atom. The van der Waals surface area contributed by atoms with Crippen molar-refractivity contribution >= 4 is 23.4 Å². The average Bonchev–Trinajstić information content (AvgIpc) is 3.04. The molecule has 6 nitrogen and oxygen atoms in total. The lowest BCUT2D eigenvalue weighted by atomic mass is 10.1. The number of hydrogen-bond donors (Lipinski definition) is 1. The molecule has 0 aliphatic heterocycles. The minimum Gasteiger partial charge on any atom is -0.435 e. The summed E-state index contributed by atoms with van der Waals surface area (Å²) in [5, 5.41) is 11.3. The Bertz CT molecular complexity index is 975. The number of halogens is 2. The number of benzene rings is 2. The van der Waals surface area contributed by atoms with Gasteiger partial charge in [-0.1, -0.05) is 41.6 Å². The largest absolute Gasteiger partial charge is 0.435 e. The highest BCUT2D eigenvalue weighted by Crippen LogP contribution is 2.27. The first-order valence-corrected chi connectivity index (χ1v) is 9.70. The van der Waals surface area contributed by atoms with E-state index in [9.17, 15) is 13.6 Å². The van der Waals surface area contributed by atoms with Crippen molar-refractivity contribution in [2.75, 3.05) is 5.32 Å². The number of alkyl halides is 2. The predicted molar refractivity (Wildman–Crippen MR) is 108 cm³/mol. The van der Waals surface area contributed by atoms with Gasteiger partial charge in [0.15, 0.2) is 11.0 Å². The van der Waals surface area contributed by atoms with Gasteiger partial charge in [0, 0.05) is 18.3 Å². The maximum Gasteiger partial charge on any atom is 0.387 e. The first kappa shape index (κ1) is 20.8. The summed E-state index contributed by atoms with van der Waals surface area (Å²) in [6, 6.07) is 13.7. The number of aryl methyl sites for hydroxylation is 1. The zero-order valence-corrected chi connectivity index (χ0v) is 16.9. The molecular formula is C20H20F2N4O2S. The van der Waals surface area contributed by atoms with Crippen molar-refractivity contribution in [2.45, 2.75) is 30.9 Å². The van der Waals surface area contributed by atoms with E-state index < -0.39 is 11.9 Å². The van der Waals surface area contributed by atoms with Gasteiger partial charge in [-0.05, 0) is 38.1 Å². The van der Waals surface area contributed by atoms with E-state index in [0.717, 1.165) is 17.0 Å². The monoisotopic (exact) mass is 418 g/mol. The van der Waals surface area contributed by atoms with Crippen LogP contribution < -0.4 is 10.1 Å². The van der Waals surface area contributed by atoms with Gasteiger partial charge in [0.2, 0.25) is 5.91 Å². The number of thioether (sulfide) groups is 1. The third-order valence-electron chi connectivity index (χ3n) is 4.14. The van der Waals surface area contributed by atoms with E-state index >= 15 is 0 Å². The van der Waals surface area contributed by atoms with Gasteiger partial charge in [0.1, 0.15) is 5.75 Å². The summed E-state index contributed by atoms with van der Waals surface area (Å²) in [6.07, 6.45) is 0. The Hall–Kier alpha value is -2.94. The van der Waals surface area contributed by atoms with Crippen LogP contribution in [0.1, 0.15) is 12.5 Å². The Labute approximate surface area is 171 Å². The first-order chi connectivity index (χ1) is 13.8. The Balaban J connectivity index is 1.63. The van der Waals surface area contributed by atoms with Crippen LogP contribution in [-0.2, 0) is 11.8 Å². The average molecular weight is 418 g/mol. The van der Waals surface area contributed by atoms with Gasteiger partial charge in [-0.15, -0.1) is 10.2 Å². The lowest BCUT2D eigenvalue weighted by molar-refractivity contribution is -0.115. The zero-order valence-electron chi connectivity index (χ0n) is 16.1. The van der Waals surface area contributed by atoms with E-state index in [1.54, 1.807) is 6.92 Å². The lowest BCUT2D eigenvalue weighted by Gasteiger charge is -2.12. The van der Waals surface area contributed by atoms with Crippen molar-refractivity contribution in [1.82, 2.24) is 14.8 Å². The number of aromatic nitrogens is 3. The SMILES string of the molecule is Cc1ccc(-c2nnc(SC(C)C(=O)Nc3ccc(OC(F)F)cc3)n2C)cc1. The fraction of sp³-hybridized carbons (Fsp3) is 0.250. The van der Waals surface area contributed by atoms with Crippen LogP contribution in [0.15, 0.2) is 53.7 Å². The minimum atomic E-state index is -2.89. The van der Waals surface area contributed by atoms with Gasteiger partial charge in [0.25, 0.3) is 0 Å². The van der Waals surface area contributed by atoms with Crippen LogP contribution >= 0.6 is 11.8 Å². The number of nitrogens with one attached hydrogen (secondary N) is 1. The predicted octanol–water partition coefficient (Wildman–Crippen LogP) is 4.51. The summed E-state index contributed by atoms with van der Waals surface area (Å²) in [7, 11) is 1.85. The first-order valence-electron chi connectivity index (χ1n) is 8.82. The fourth-order valence-electron chi connectivity index (χ4n) is 2.55. The van der Waals surface area contributed by atoms with Crippen LogP contribution in [0.2, 0.25) is 0 Å². The van der Waals surface area contributed by atoms with E-state index in [1.807, 2.05) is 42.8 Å². The summed E-state index contributed by atoms with van der Waals surface area (Å²) in [6.45, 7) is 0.888. The summed E-state index contributed by atoms with van der Waals surface area (Å²) in [4.78, 5) is 12.5. The van der Waals surface area contributed by atoms with Crippen molar-refractivity contribution in [1.29, 1.82) is 0 Å². The summed E-state index contributed by atoms with van der Waals surface area (Å²) in [5.74, 6) is 0.510. The highest BCUT2D eigenvalue weighted by Gasteiger charge is 2.19. The minimum absolute atomic E-state index is 0.0307. The van der Waals surface area contributed by atoms with E-state index in [0.29, 0.717) is 10.8 Å². The van der Waals surface area contributed by atoms with E-state index in [2.05, 4.69) is 20.3 Å². The Morgan fingerprint density at radius 3 is 2.38 bits per heavy atom. The molecule has 0 aliphatic carbocycles. The summed E-state index contributed by atoms with van der Waals surface area (Å²) < 4.78 is 30.5. The number of anilines is 1. The van der Waals surface area contributed by atoms with Crippen LogP contribution in [0, 0.1) is 6.92 Å². The maximum absolute atomic E-state index is 12.5. The standard InChI is InChI=1S/C20H20F2N4O2S/c1-12-4-6-14(7-5-12)17-24-25-20(26(17)3)29-13(2)18(27)23-15-8-10-16(11-9-15)28-19(21)22/h4-11,13,19H,1-3H3,(H,23,27). The van der Waals surface area contributed by atoms with E-state index in [4.69, 9.17) is 0 Å². The number of hydrogen-bond acceptors (Lipinski definition) is 5. The van der Waals surface area contributed by atoms with Crippen LogP contribution in [0.5, 0.6) is 5.75 Å². The normalized spacial score (nSPS) is 12.1.